The number of amides is 2. The molecular formula is C17H18N2O4. The van der Waals surface area contributed by atoms with E-state index in [4.69, 9.17) is 9.47 Å². The highest BCUT2D eigenvalue weighted by Crippen LogP contribution is 2.33. The molecule has 0 saturated carbocycles. The summed E-state index contributed by atoms with van der Waals surface area (Å²) < 4.78 is 10.7. The van der Waals surface area contributed by atoms with Crippen molar-refractivity contribution in [3.8, 4) is 11.5 Å². The zero-order valence-electron chi connectivity index (χ0n) is 13.2. The molecule has 1 fully saturated rings. The Labute approximate surface area is 134 Å². The van der Waals surface area contributed by atoms with Crippen molar-refractivity contribution in [2.75, 3.05) is 20.8 Å². The summed E-state index contributed by atoms with van der Waals surface area (Å²) in [6, 6.07) is 5.67. The number of carbonyl (C=O) groups is 2. The van der Waals surface area contributed by atoms with Crippen molar-refractivity contribution in [2.24, 2.45) is 0 Å². The van der Waals surface area contributed by atoms with Crippen LogP contribution in [0, 0.1) is 0 Å². The van der Waals surface area contributed by atoms with Crippen LogP contribution in [0.5, 0.6) is 11.5 Å². The molecule has 1 aliphatic rings. The second-order valence-corrected chi connectivity index (χ2v) is 5.38. The molecule has 1 aromatic heterocycles. The SMILES string of the molecule is COc1cc2ccnc(CCN3C(=O)CCC3=O)c2cc1OC. The van der Waals surface area contributed by atoms with Crippen molar-refractivity contribution in [1.82, 2.24) is 9.88 Å². The summed E-state index contributed by atoms with van der Waals surface area (Å²) in [5, 5.41) is 1.91. The number of ether oxygens (including phenoxy) is 2. The largest absolute Gasteiger partial charge is 0.493 e. The molecule has 23 heavy (non-hydrogen) atoms. The number of imide groups is 1. The molecule has 120 valence electrons. The standard InChI is InChI=1S/C17H18N2O4/c1-22-14-9-11-5-7-18-13(12(11)10-15(14)23-2)6-8-19-16(20)3-4-17(19)21/h5,7,9-10H,3-4,6,8H2,1-2H3. The summed E-state index contributed by atoms with van der Waals surface area (Å²) in [6.07, 6.45) is 2.86. The van der Waals surface area contributed by atoms with E-state index < -0.39 is 0 Å². The second kappa shape index (κ2) is 6.24. The highest BCUT2D eigenvalue weighted by molar-refractivity contribution is 6.02. The van der Waals surface area contributed by atoms with Crippen molar-refractivity contribution >= 4 is 22.6 Å². The lowest BCUT2D eigenvalue weighted by Gasteiger charge is -2.15. The topological polar surface area (TPSA) is 68.7 Å². The fourth-order valence-electron chi connectivity index (χ4n) is 2.85. The van der Waals surface area contributed by atoms with E-state index in [0.29, 0.717) is 37.3 Å². The van der Waals surface area contributed by atoms with Crippen molar-refractivity contribution in [3.63, 3.8) is 0 Å². The molecule has 0 bridgehead atoms. The van der Waals surface area contributed by atoms with Gasteiger partial charge in [-0.05, 0) is 23.6 Å². The molecule has 2 aromatic rings. The van der Waals surface area contributed by atoms with Gasteiger partial charge in [0.05, 0.1) is 19.9 Å². The molecule has 1 saturated heterocycles. The Morgan fingerprint density at radius 1 is 1.09 bits per heavy atom. The number of likely N-dealkylation sites (tertiary alicyclic amines) is 1. The Kier molecular flexibility index (Phi) is 4.14. The van der Waals surface area contributed by atoms with E-state index in [9.17, 15) is 9.59 Å². The predicted octanol–water partition coefficient (Wildman–Crippen LogP) is 1.94. The number of aromatic nitrogens is 1. The maximum absolute atomic E-state index is 11.7. The number of rotatable bonds is 5. The number of fused-ring (bicyclic) bond motifs is 1. The summed E-state index contributed by atoms with van der Waals surface area (Å²) in [4.78, 5) is 29.1. The molecule has 0 radical (unpaired) electrons. The van der Waals surface area contributed by atoms with Gasteiger partial charge in [-0.1, -0.05) is 0 Å². The van der Waals surface area contributed by atoms with Crippen LogP contribution in [0.2, 0.25) is 0 Å². The molecule has 6 heteroatoms. The van der Waals surface area contributed by atoms with Gasteiger partial charge in [-0.3, -0.25) is 19.5 Å². The summed E-state index contributed by atoms with van der Waals surface area (Å²) in [5.74, 6) is 1.08. The third-order valence-corrected chi connectivity index (χ3v) is 4.08. The van der Waals surface area contributed by atoms with E-state index >= 15 is 0 Å². The summed E-state index contributed by atoms with van der Waals surface area (Å²) >= 11 is 0. The van der Waals surface area contributed by atoms with Gasteiger partial charge in [-0.25, -0.2) is 0 Å². The first-order valence-electron chi connectivity index (χ1n) is 7.47. The normalized spacial score (nSPS) is 14.6. The fraction of sp³-hybridized carbons (Fsp3) is 0.353. The van der Waals surface area contributed by atoms with E-state index in [1.807, 2.05) is 18.2 Å². The smallest absolute Gasteiger partial charge is 0.229 e. The number of methoxy groups -OCH3 is 2. The van der Waals surface area contributed by atoms with E-state index in [1.165, 1.54) is 4.90 Å². The highest BCUT2D eigenvalue weighted by Gasteiger charge is 2.28. The van der Waals surface area contributed by atoms with Crippen LogP contribution in [0.3, 0.4) is 0 Å². The van der Waals surface area contributed by atoms with Crippen LogP contribution in [0.25, 0.3) is 10.8 Å². The average molecular weight is 314 g/mol. The summed E-state index contributed by atoms with van der Waals surface area (Å²) in [7, 11) is 3.18. The molecule has 6 nitrogen and oxygen atoms in total. The quantitative estimate of drug-likeness (QED) is 0.789. The first-order valence-corrected chi connectivity index (χ1v) is 7.47. The van der Waals surface area contributed by atoms with Gasteiger partial charge in [0.15, 0.2) is 11.5 Å². The minimum Gasteiger partial charge on any atom is -0.493 e. The molecule has 1 aromatic carbocycles. The second-order valence-electron chi connectivity index (χ2n) is 5.38. The molecule has 0 spiro atoms. The molecule has 0 aliphatic carbocycles. The van der Waals surface area contributed by atoms with Gasteiger partial charge in [0.2, 0.25) is 11.8 Å². The van der Waals surface area contributed by atoms with Gasteiger partial charge in [0.25, 0.3) is 0 Å². The first kappa shape index (κ1) is 15.3. The van der Waals surface area contributed by atoms with Crippen LogP contribution in [0.15, 0.2) is 24.4 Å². The third kappa shape index (κ3) is 2.84. The lowest BCUT2D eigenvalue weighted by molar-refractivity contribution is -0.138. The first-order chi connectivity index (χ1) is 11.1. The molecule has 3 rings (SSSR count). The maximum Gasteiger partial charge on any atom is 0.229 e. The van der Waals surface area contributed by atoms with Crippen LogP contribution >= 0.6 is 0 Å². The molecule has 2 amide bonds. The highest BCUT2D eigenvalue weighted by atomic mass is 16.5. The Morgan fingerprint density at radius 3 is 2.39 bits per heavy atom. The lowest BCUT2D eigenvalue weighted by atomic mass is 10.1. The maximum atomic E-state index is 11.7. The van der Waals surface area contributed by atoms with Gasteiger partial charge < -0.3 is 9.47 Å². The molecule has 0 N–H and O–H groups in total. The molecule has 0 atom stereocenters. The molecule has 0 unspecified atom stereocenters. The van der Waals surface area contributed by atoms with Gasteiger partial charge in [-0.15, -0.1) is 0 Å². The third-order valence-electron chi connectivity index (χ3n) is 4.08. The average Bonchev–Trinajstić information content (AvgIpc) is 2.89. The number of carbonyl (C=O) groups excluding carboxylic acids is 2. The number of hydrogen-bond donors (Lipinski definition) is 0. The fourth-order valence-corrected chi connectivity index (χ4v) is 2.85. The van der Waals surface area contributed by atoms with E-state index in [-0.39, 0.29) is 11.8 Å². The summed E-state index contributed by atoms with van der Waals surface area (Å²) in [6.45, 7) is 0.359. The van der Waals surface area contributed by atoms with Gasteiger partial charge in [-0.2, -0.15) is 0 Å². The van der Waals surface area contributed by atoms with Crippen LogP contribution in [0.4, 0.5) is 0 Å². The van der Waals surface area contributed by atoms with Crippen molar-refractivity contribution in [3.05, 3.63) is 30.1 Å². The Hall–Kier alpha value is -2.63. The number of benzene rings is 1. The number of pyridine rings is 1. The number of nitrogens with zero attached hydrogens (tertiary/aromatic N) is 2. The molecule has 2 heterocycles. The zero-order valence-corrected chi connectivity index (χ0v) is 13.2. The minimum atomic E-state index is -0.102. The lowest BCUT2D eigenvalue weighted by Crippen LogP contribution is -2.31. The van der Waals surface area contributed by atoms with Gasteiger partial charge in [0.1, 0.15) is 0 Å². The van der Waals surface area contributed by atoms with Crippen LogP contribution in [-0.4, -0.2) is 42.5 Å². The Balaban J connectivity index is 1.91. The van der Waals surface area contributed by atoms with E-state index in [0.717, 1.165) is 16.5 Å². The number of hydrogen-bond acceptors (Lipinski definition) is 5. The van der Waals surface area contributed by atoms with E-state index in [1.54, 1.807) is 20.4 Å². The van der Waals surface area contributed by atoms with Crippen molar-refractivity contribution < 1.29 is 19.1 Å². The van der Waals surface area contributed by atoms with Gasteiger partial charge in [0, 0.05) is 37.4 Å². The van der Waals surface area contributed by atoms with Crippen molar-refractivity contribution in [2.45, 2.75) is 19.3 Å². The molecule has 1 aliphatic heterocycles. The van der Waals surface area contributed by atoms with Crippen LogP contribution in [0.1, 0.15) is 18.5 Å². The van der Waals surface area contributed by atoms with Crippen LogP contribution < -0.4 is 9.47 Å². The Morgan fingerprint density at radius 2 is 1.74 bits per heavy atom. The monoisotopic (exact) mass is 314 g/mol. The zero-order chi connectivity index (χ0) is 16.4. The van der Waals surface area contributed by atoms with Crippen molar-refractivity contribution in [1.29, 1.82) is 0 Å². The van der Waals surface area contributed by atoms with E-state index in [2.05, 4.69) is 4.98 Å². The van der Waals surface area contributed by atoms with Gasteiger partial charge >= 0.3 is 0 Å². The van der Waals surface area contributed by atoms with Crippen LogP contribution in [-0.2, 0) is 16.0 Å². The summed E-state index contributed by atoms with van der Waals surface area (Å²) in [5.41, 5.74) is 0.830. The minimum absolute atomic E-state index is 0.102. The predicted molar refractivity (Wildman–Crippen MR) is 84.5 cm³/mol. The Bertz CT molecular complexity index is 757. The molecular weight excluding hydrogens is 296 g/mol.